The van der Waals surface area contributed by atoms with Crippen LogP contribution >= 0.6 is 0 Å². The van der Waals surface area contributed by atoms with Crippen molar-refractivity contribution in [3.05, 3.63) is 71.3 Å². The number of carbonyl (C=O) groups is 1. The van der Waals surface area contributed by atoms with E-state index in [9.17, 15) is 4.79 Å². The van der Waals surface area contributed by atoms with Gasteiger partial charge in [-0.3, -0.25) is 4.79 Å². The van der Waals surface area contributed by atoms with Gasteiger partial charge in [0, 0.05) is 18.1 Å². The summed E-state index contributed by atoms with van der Waals surface area (Å²) in [4.78, 5) is 12.3. The van der Waals surface area contributed by atoms with E-state index in [1.807, 2.05) is 55.5 Å². The highest BCUT2D eigenvalue weighted by atomic mass is 16.5. The summed E-state index contributed by atoms with van der Waals surface area (Å²) < 4.78 is 6.07. The molecule has 0 bridgehead atoms. The van der Waals surface area contributed by atoms with E-state index < -0.39 is 0 Å². The third-order valence-corrected chi connectivity index (χ3v) is 4.17. The molecule has 3 nitrogen and oxygen atoms in total. The maximum absolute atomic E-state index is 12.3. The number of nitrogens with one attached hydrogen (secondary N) is 1. The van der Waals surface area contributed by atoms with Gasteiger partial charge in [-0.05, 0) is 44.0 Å². The lowest BCUT2D eigenvalue weighted by molar-refractivity contribution is -0.117. The molecule has 24 heavy (non-hydrogen) atoms. The predicted molar refractivity (Wildman–Crippen MR) is 96.9 cm³/mol. The number of benzene rings is 2. The van der Waals surface area contributed by atoms with Crippen LogP contribution in [0.15, 0.2) is 54.6 Å². The minimum atomic E-state index is -0.304. The van der Waals surface area contributed by atoms with Crippen molar-refractivity contribution in [2.45, 2.75) is 38.8 Å². The SMILES string of the molecule is Cc1ccc2c(c1)OC(C)(C)C[C@@H]2NC(=O)/C=C/c1ccccc1. The first kappa shape index (κ1) is 16.3. The molecule has 3 heteroatoms. The van der Waals surface area contributed by atoms with Crippen LogP contribution in [0.25, 0.3) is 6.08 Å². The second-order valence-corrected chi connectivity index (χ2v) is 6.91. The quantitative estimate of drug-likeness (QED) is 0.850. The van der Waals surface area contributed by atoms with Crippen LogP contribution in [0, 0.1) is 6.92 Å². The molecule has 0 aromatic heterocycles. The fraction of sp³-hybridized carbons (Fsp3) is 0.286. The van der Waals surface area contributed by atoms with Crippen LogP contribution in [0.1, 0.15) is 43.0 Å². The maximum Gasteiger partial charge on any atom is 0.244 e. The van der Waals surface area contributed by atoms with Crippen LogP contribution in [0.3, 0.4) is 0 Å². The van der Waals surface area contributed by atoms with Gasteiger partial charge in [-0.1, -0.05) is 42.5 Å². The number of rotatable bonds is 3. The number of amides is 1. The van der Waals surface area contributed by atoms with Crippen LogP contribution in [-0.2, 0) is 4.79 Å². The minimum Gasteiger partial charge on any atom is -0.487 e. The molecule has 1 heterocycles. The monoisotopic (exact) mass is 321 g/mol. The third kappa shape index (κ3) is 3.85. The van der Waals surface area contributed by atoms with Gasteiger partial charge in [-0.15, -0.1) is 0 Å². The molecule has 1 aliphatic rings. The number of hydrogen-bond acceptors (Lipinski definition) is 2. The van der Waals surface area contributed by atoms with E-state index in [0.717, 1.165) is 28.9 Å². The third-order valence-electron chi connectivity index (χ3n) is 4.17. The van der Waals surface area contributed by atoms with Gasteiger partial charge in [0.2, 0.25) is 5.91 Å². The first-order valence-corrected chi connectivity index (χ1v) is 8.26. The molecule has 0 aliphatic carbocycles. The van der Waals surface area contributed by atoms with Gasteiger partial charge < -0.3 is 10.1 Å². The summed E-state index contributed by atoms with van der Waals surface area (Å²) in [6.07, 6.45) is 4.16. The second-order valence-electron chi connectivity index (χ2n) is 6.91. The van der Waals surface area contributed by atoms with Gasteiger partial charge in [-0.25, -0.2) is 0 Å². The lowest BCUT2D eigenvalue weighted by Crippen LogP contribution is -2.40. The smallest absolute Gasteiger partial charge is 0.244 e. The maximum atomic E-state index is 12.3. The van der Waals surface area contributed by atoms with E-state index in [1.54, 1.807) is 6.08 Å². The zero-order valence-corrected chi connectivity index (χ0v) is 14.4. The van der Waals surface area contributed by atoms with Crippen molar-refractivity contribution in [3.8, 4) is 5.75 Å². The first-order valence-electron chi connectivity index (χ1n) is 8.26. The largest absolute Gasteiger partial charge is 0.487 e. The Balaban J connectivity index is 1.77. The predicted octanol–water partition coefficient (Wildman–Crippen LogP) is 4.43. The number of hydrogen-bond donors (Lipinski definition) is 1. The average molecular weight is 321 g/mol. The molecule has 0 spiro atoms. The highest BCUT2D eigenvalue weighted by Crippen LogP contribution is 2.39. The van der Waals surface area contributed by atoms with E-state index >= 15 is 0 Å². The second kappa shape index (κ2) is 6.52. The fourth-order valence-electron chi connectivity index (χ4n) is 3.04. The lowest BCUT2D eigenvalue weighted by atomic mass is 9.89. The van der Waals surface area contributed by atoms with Crippen LogP contribution in [0.2, 0.25) is 0 Å². The van der Waals surface area contributed by atoms with Crippen molar-refractivity contribution in [2.75, 3.05) is 0 Å². The van der Waals surface area contributed by atoms with Crippen molar-refractivity contribution in [1.82, 2.24) is 5.32 Å². The topological polar surface area (TPSA) is 38.3 Å². The molecule has 0 radical (unpaired) electrons. The van der Waals surface area contributed by atoms with Gasteiger partial charge in [0.15, 0.2) is 0 Å². The van der Waals surface area contributed by atoms with Crippen LogP contribution < -0.4 is 10.1 Å². The van der Waals surface area contributed by atoms with Crippen molar-refractivity contribution in [1.29, 1.82) is 0 Å². The minimum absolute atomic E-state index is 0.0442. The molecule has 1 aliphatic heterocycles. The van der Waals surface area contributed by atoms with Gasteiger partial charge in [0.05, 0.1) is 6.04 Å². The number of ether oxygens (including phenoxy) is 1. The standard InChI is InChI=1S/C21H23NO2/c1-15-9-11-17-18(14-21(2,3)24-19(17)13-15)22-20(23)12-10-16-7-5-4-6-8-16/h4-13,18H,14H2,1-3H3,(H,22,23)/b12-10+/t18-/m0/s1. The summed E-state index contributed by atoms with van der Waals surface area (Å²) in [5, 5.41) is 3.11. The fourth-order valence-corrected chi connectivity index (χ4v) is 3.04. The van der Waals surface area contributed by atoms with Crippen LogP contribution in [0.4, 0.5) is 0 Å². The Labute approximate surface area is 143 Å². The molecule has 2 aromatic carbocycles. The molecule has 0 saturated heterocycles. The molecule has 1 amide bonds. The summed E-state index contributed by atoms with van der Waals surface area (Å²) in [5.41, 5.74) is 2.90. The molecular formula is C21H23NO2. The van der Waals surface area contributed by atoms with Gasteiger partial charge in [0.1, 0.15) is 11.4 Å². The summed E-state index contributed by atoms with van der Waals surface area (Å²) in [6.45, 7) is 6.15. The molecule has 0 saturated carbocycles. The first-order chi connectivity index (χ1) is 11.4. The zero-order valence-electron chi connectivity index (χ0n) is 14.4. The molecule has 1 atom stereocenters. The Morgan fingerprint density at radius 1 is 1.21 bits per heavy atom. The van der Waals surface area contributed by atoms with Crippen LogP contribution in [0.5, 0.6) is 5.75 Å². The molecule has 1 N–H and O–H groups in total. The van der Waals surface area contributed by atoms with E-state index in [0.29, 0.717) is 0 Å². The average Bonchev–Trinajstić information content (AvgIpc) is 2.52. The van der Waals surface area contributed by atoms with Gasteiger partial charge in [0.25, 0.3) is 0 Å². The summed E-state index contributed by atoms with van der Waals surface area (Å²) in [6, 6.07) is 15.9. The summed E-state index contributed by atoms with van der Waals surface area (Å²) in [5.74, 6) is 0.775. The van der Waals surface area contributed by atoms with Crippen molar-refractivity contribution in [3.63, 3.8) is 0 Å². The molecule has 3 rings (SSSR count). The van der Waals surface area contributed by atoms with E-state index in [2.05, 4.69) is 25.2 Å². The Hall–Kier alpha value is -2.55. The van der Waals surface area contributed by atoms with E-state index in [-0.39, 0.29) is 17.6 Å². The van der Waals surface area contributed by atoms with E-state index in [1.165, 1.54) is 0 Å². The Morgan fingerprint density at radius 2 is 1.96 bits per heavy atom. The van der Waals surface area contributed by atoms with Gasteiger partial charge in [-0.2, -0.15) is 0 Å². The molecule has 0 unspecified atom stereocenters. The molecule has 0 fully saturated rings. The normalized spacial score (nSPS) is 18.7. The highest BCUT2D eigenvalue weighted by Gasteiger charge is 2.34. The van der Waals surface area contributed by atoms with Crippen molar-refractivity contribution in [2.24, 2.45) is 0 Å². The van der Waals surface area contributed by atoms with Crippen LogP contribution in [-0.4, -0.2) is 11.5 Å². The molecule has 2 aromatic rings. The van der Waals surface area contributed by atoms with Crippen molar-refractivity contribution >= 4 is 12.0 Å². The zero-order chi connectivity index (χ0) is 17.2. The number of fused-ring (bicyclic) bond motifs is 1. The summed E-state index contributed by atoms with van der Waals surface area (Å²) >= 11 is 0. The number of carbonyl (C=O) groups excluding carboxylic acids is 1. The van der Waals surface area contributed by atoms with Gasteiger partial charge >= 0.3 is 0 Å². The lowest BCUT2D eigenvalue weighted by Gasteiger charge is -2.38. The number of aryl methyl sites for hydroxylation is 1. The Morgan fingerprint density at radius 3 is 2.71 bits per heavy atom. The van der Waals surface area contributed by atoms with Crippen molar-refractivity contribution < 1.29 is 9.53 Å². The van der Waals surface area contributed by atoms with E-state index in [4.69, 9.17) is 4.74 Å². The summed E-state index contributed by atoms with van der Waals surface area (Å²) in [7, 11) is 0. The molecule has 124 valence electrons. The Bertz CT molecular complexity index is 763. The Kier molecular flexibility index (Phi) is 4.43. The molecular weight excluding hydrogens is 298 g/mol. The highest BCUT2D eigenvalue weighted by molar-refractivity contribution is 5.92.